The Morgan fingerprint density at radius 2 is 1.71 bits per heavy atom. The monoisotopic (exact) mass is 385 g/mol. The number of hydrogen-bond donors (Lipinski definition) is 1. The van der Waals surface area contributed by atoms with E-state index in [-0.39, 0.29) is 17.8 Å². The summed E-state index contributed by atoms with van der Waals surface area (Å²) in [7, 11) is 1.67. The molecule has 1 aliphatic carbocycles. The van der Waals surface area contributed by atoms with Crippen molar-refractivity contribution in [1.82, 2.24) is 4.90 Å². The fraction of sp³-hybridized carbons (Fsp3) is 0.478. The lowest BCUT2D eigenvalue weighted by molar-refractivity contribution is 0.184. The van der Waals surface area contributed by atoms with Crippen LogP contribution >= 0.6 is 0 Å². The molecule has 5 heteroatoms. The smallest absolute Gasteiger partial charge is 0.165 e. The van der Waals surface area contributed by atoms with Gasteiger partial charge in [0.25, 0.3) is 0 Å². The molecule has 1 saturated carbocycles. The molecule has 0 spiro atoms. The summed E-state index contributed by atoms with van der Waals surface area (Å²) < 4.78 is 25.0. The summed E-state index contributed by atoms with van der Waals surface area (Å²) in [5.74, 6) is 2.51. The van der Waals surface area contributed by atoms with Gasteiger partial charge in [0.05, 0.1) is 13.2 Å². The molecule has 1 aliphatic heterocycles. The molecule has 150 valence electrons. The molecule has 2 fully saturated rings. The number of hydrogen-bond acceptors (Lipinski definition) is 4. The third-order valence-corrected chi connectivity index (χ3v) is 6.22. The maximum atomic E-state index is 13.6. The minimum absolute atomic E-state index is 0.236. The lowest BCUT2D eigenvalue weighted by atomic mass is 10.0. The van der Waals surface area contributed by atoms with Crippen molar-refractivity contribution in [3.05, 3.63) is 53.8 Å². The summed E-state index contributed by atoms with van der Waals surface area (Å²) in [4.78, 5) is 2.49. The van der Waals surface area contributed by atoms with Crippen molar-refractivity contribution >= 4 is 0 Å². The number of ether oxygens (including phenoxy) is 2. The van der Waals surface area contributed by atoms with Crippen molar-refractivity contribution < 1.29 is 19.0 Å². The van der Waals surface area contributed by atoms with Crippen LogP contribution in [-0.4, -0.2) is 42.9 Å². The zero-order valence-electron chi connectivity index (χ0n) is 16.5. The van der Waals surface area contributed by atoms with E-state index >= 15 is 0 Å². The van der Waals surface area contributed by atoms with Gasteiger partial charge in [-0.15, -0.1) is 0 Å². The summed E-state index contributed by atoms with van der Waals surface area (Å²) in [6.07, 6.45) is 2.47. The molecule has 1 saturated heterocycles. The summed E-state index contributed by atoms with van der Waals surface area (Å²) in [5, 5.41) is 9.37. The fourth-order valence-electron chi connectivity index (χ4n) is 4.76. The zero-order chi connectivity index (χ0) is 19.7. The van der Waals surface area contributed by atoms with Gasteiger partial charge in [0.2, 0.25) is 0 Å². The average Bonchev–Trinajstić information content (AvgIpc) is 3.22. The number of nitrogens with zero attached hydrogens (tertiary/aromatic N) is 1. The highest BCUT2D eigenvalue weighted by molar-refractivity contribution is 5.31. The molecule has 2 aliphatic rings. The van der Waals surface area contributed by atoms with Gasteiger partial charge in [0.15, 0.2) is 11.6 Å². The molecular weight excluding hydrogens is 357 g/mol. The van der Waals surface area contributed by atoms with Gasteiger partial charge in [-0.3, -0.25) is 0 Å². The van der Waals surface area contributed by atoms with Crippen LogP contribution in [-0.2, 0) is 0 Å². The zero-order valence-corrected chi connectivity index (χ0v) is 16.5. The standard InChI is InChI=1S/C23H28FNO3/c1-15(16-3-8-23(26)22(24)11-16)12-25-13-17-9-21(10-18(17)14-25)28-20-6-4-19(27-2)5-7-20/h3-8,11,15,17-18,21,26H,9-10,12-14H2,1-2H3/t15?,17-,18+,21?. The van der Waals surface area contributed by atoms with Crippen molar-refractivity contribution in [2.45, 2.75) is 31.8 Å². The lowest BCUT2D eigenvalue weighted by Crippen LogP contribution is -2.28. The molecule has 0 radical (unpaired) electrons. The Balaban J connectivity index is 1.28. The van der Waals surface area contributed by atoms with Crippen LogP contribution in [0.2, 0.25) is 0 Å². The van der Waals surface area contributed by atoms with E-state index in [1.54, 1.807) is 7.11 Å². The largest absolute Gasteiger partial charge is 0.505 e. The van der Waals surface area contributed by atoms with Gasteiger partial charge in [-0.05, 0) is 72.6 Å². The molecule has 2 unspecified atom stereocenters. The molecule has 1 heterocycles. The number of phenolic OH excluding ortho intramolecular Hbond substituents is 1. The van der Waals surface area contributed by atoms with E-state index in [1.807, 2.05) is 30.3 Å². The van der Waals surface area contributed by atoms with Crippen LogP contribution in [0.4, 0.5) is 4.39 Å². The van der Waals surface area contributed by atoms with Gasteiger partial charge < -0.3 is 19.5 Å². The van der Waals surface area contributed by atoms with Crippen molar-refractivity contribution in [2.75, 3.05) is 26.7 Å². The van der Waals surface area contributed by atoms with Crippen LogP contribution in [0.15, 0.2) is 42.5 Å². The highest BCUT2D eigenvalue weighted by Crippen LogP contribution is 2.40. The average molecular weight is 385 g/mol. The van der Waals surface area contributed by atoms with E-state index in [2.05, 4.69) is 11.8 Å². The number of phenols is 1. The van der Waals surface area contributed by atoms with Gasteiger partial charge in [0.1, 0.15) is 11.5 Å². The molecule has 2 aromatic carbocycles. The normalized spacial score (nSPS) is 25.5. The Labute approximate surface area is 165 Å². The molecule has 4 rings (SSSR count). The molecule has 4 atom stereocenters. The van der Waals surface area contributed by atoms with E-state index in [1.165, 1.54) is 12.1 Å². The van der Waals surface area contributed by atoms with Gasteiger partial charge >= 0.3 is 0 Å². The number of aromatic hydroxyl groups is 1. The predicted octanol–water partition coefficient (Wildman–Crippen LogP) is 4.43. The topological polar surface area (TPSA) is 41.9 Å². The Bertz CT molecular complexity index is 796. The minimum atomic E-state index is -0.541. The lowest BCUT2D eigenvalue weighted by Gasteiger charge is -2.23. The summed E-state index contributed by atoms with van der Waals surface area (Å²) >= 11 is 0. The van der Waals surface area contributed by atoms with Crippen molar-refractivity contribution in [3.8, 4) is 17.2 Å². The highest BCUT2D eigenvalue weighted by Gasteiger charge is 2.42. The van der Waals surface area contributed by atoms with Gasteiger partial charge in [-0.1, -0.05) is 13.0 Å². The van der Waals surface area contributed by atoms with Crippen LogP contribution in [0.5, 0.6) is 17.2 Å². The Kier molecular flexibility index (Phi) is 5.44. The molecular formula is C23H28FNO3. The van der Waals surface area contributed by atoms with Crippen LogP contribution in [0.1, 0.15) is 31.2 Å². The van der Waals surface area contributed by atoms with E-state index in [0.717, 1.165) is 49.5 Å². The summed E-state index contributed by atoms with van der Waals surface area (Å²) in [6.45, 7) is 5.20. The fourth-order valence-corrected chi connectivity index (χ4v) is 4.76. The van der Waals surface area contributed by atoms with Crippen molar-refractivity contribution in [3.63, 3.8) is 0 Å². The molecule has 0 amide bonds. The van der Waals surface area contributed by atoms with Crippen LogP contribution in [0, 0.1) is 17.7 Å². The quantitative estimate of drug-likeness (QED) is 0.799. The maximum Gasteiger partial charge on any atom is 0.165 e. The number of benzene rings is 2. The Morgan fingerprint density at radius 3 is 2.32 bits per heavy atom. The molecule has 0 bridgehead atoms. The van der Waals surface area contributed by atoms with Crippen LogP contribution in [0.3, 0.4) is 0 Å². The SMILES string of the molecule is COc1ccc(OC2C[C@@H]3CN(CC(C)c4ccc(O)c(F)c4)C[C@@H]3C2)cc1. The second kappa shape index (κ2) is 8.00. The second-order valence-corrected chi connectivity index (χ2v) is 8.24. The van der Waals surface area contributed by atoms with Crippen molar-refractivity contribution in [1.29, 1.82) is 0 Å². The van der Waals surface area contributed by atoms with E-state index < -0.39 is 5.82 Å². The van der Waals surface area contributed by atoms with E-state index in [9.17, 15) is 9.50 Å². The summed E-state index contributed by atoms with van der Waals surface area (Å²) in [6, 6.07) is 12.5. The Morgan fingerprint density at radius 1 is 1.07 bits per heavy atom. The van der Waals surface area contributed by atoms with E-state index in [0.29, 0.717) is 11.8 Å². The third-order valence-electron chi connectivity index (χ3n) is 6.22. The van der Waals surface area contributed by atoms with E-state index in [4.69, 9.17) is 9.47 Å². The predicted molar refractivity (Wildman–Crippen MR) is 107 cm³/mol. The van der Waals surface area contributed by atoms with Gasteiger partial charge in [-0.25, -0.2) is 4.39 Å². The first-order valence-electron chi connectivity index (χ1n) is 10.0. The van der Waals surface area contributed by atoms with Gasteiger partial charge in [0, 0.05) is 19.6 Å². The number of fused-ring (bicyclic) bond motifs is 1. The molecule has 28 heavy (non-hydrogen) atoms. The molecule has 2 aromatic rings. The number of rotatable bonds is 6. The first kappa shape index (κ1) is 19.1. The highest BCUT2D eigenvalue weighted by atomic mass is 19.1. The number of methoxy groups -OCH3 is 1. The molecule has 4 nitrogen and oxygen atoms in total. The summed E-state index contributed by atoms with van der Waals surface area (Å²) in [5.41, 5.74) is 0.938. The van der Waals surface area contributed by atoms with Crippen LogP contribution < -0.4 is 9.47 Å². The minimum Gasteiger partial charge on any atom is -0.505 e. The first-order valence-corrected chi connectivity index (χ1v) is 10.0. The van der Waals surface area contributed by atoms with Crippen LogP contribution in [0.25, 0.3) is 0 Å². The number of halogens is 1. The first-order chi connectivity index (χ1) is 13.5. The maximum absolute atomic E-state index is 13.6. The third kappa shape index (κ3) is 4.09. The van der Waals surface area contributed by atoms with Gasteiger partial charge in [-0.2, -0.15) is 0 Å². The Hall–Kier alpha value is -2.27. The molecule has 1 N–H and O–H groups in total. The second-order valence-electron chi connectivity index (χ2n) is 8.24. The number of likely N-dealkylation sites (tertiary alicyclic amines) is 1. The molecule has 0 aromatic heterocycles. The van der Waals surface area contributed by atoms with Crippen molar-refractivity contribution in [2.24, 2.45) is 11.8 Å².